The molecule has 7 nitrogen and oxygen atoms in total. The van der Waals surface area contributed by atoms with Crippen LogP contribution in [0.5, 0.6) is 0 Å². The van der Waals surface area contributed by atoms with Gasteiger partial charge >= 0.3 is 51.4 Å². The Morgan fingerprint density at radius 3 is 2.32 bits per heavy atom. The molecule has 19 heavy (non-hydrogen) atoms. The van der Waals surface area contributed by atoms with E-state index in [1.807, 2.05) is 6.07 Å². The van der Waals surface area contributed by atoms with Crippen molar-refractivity contribution in [3.8, 4) is 11.8 Å². The van der Waals surface area contributed by atoms with Crippen LogP contribution in [0, 0.1) is 11.3 Å². The van der Waals surface area contributed by atoms with Crippen molar-refractivity contribution in [1.29, 1.82) is 5.26 Å². The molecule has 0 saturated heterocycles. The van der Waals surface area contributed by atoms with Crippen molar-refractivity contribution < 1.29 is 64.4 Å². The van der Waals surface area contributed by atoms with Crippen molar-refractivity contribution in [2.75, 3.05) is 5.73 Å². The minimum atomic E-state index is -4.47. The van der Waals surface area contributed by atoms with E-state index in [-0.39, 0.29) is 67.7 Å². The summed E-state index contributed by atoms with van der Waals surface area (Å²) in [4.78, 5) is -0.336. The first-order chi connectivity index (χ1) is 8.43. The second-order valence-electron chi connectivity index (χ2n) is 3.42. The zero-order valence-corrected chi connectivity index (χ0v) is 13.9. The summed E-state index contributed by atoms with van der Waals surface area (Å²) in [6, 6.07) is 6.95. The first-order valence-electron chi connectivity index (χ1n) is 4.73. The third-order valence-electron chi connectivity index (χ3n) is 2.30. The molecular formula is C10H7KN4O3S. The van der Waals surface area contributed by atoms with E-state index in [0.717, 1.165) is 12.1 Å². The number of anilines is 1. The molecule has 0 unspecified atom stereocenters. The third-order valence-corrected chi connectivity index (χ3v) is 3.15. The average molecular weight is 302 g/mol. The van der Waals surface area contributed by atoms with Gasteiger partial charge in [-0.25, -0.2) is 13.1 Å². The van der Waals surface area contributed by atoms with Gasteiger partial charge in [0.2, 0.25) is 0 Å². The molecular weight excluding hydrogens is 295 g/mol. The van der Waals surface area contributed by atoms with E-state index in [9.17, 15) is 13.0 Å². The molecule has 0 aliphatic carbocycles. The van der Waals surface area contributed by atoms with Crippen molar-refractivity contribution in [2.45, 2.75) is 4.90 Å². The van der Waals surface area contributed by atoms with Crippen LogP contribution in [0.25, 0.3) is 5.69 Å². The monoisotopic (exact) mass is 302 g/mol. The molecule has 0 aliphatic rings. The minimum absolute atomic E-state index is 0. The van der Waals surface area contributed by atoms with Gasteiger partial charge in [-0.05, 0) is 24.3 Å². The Labute approximate surface area is 152 Å². The Morgan fingerprint density at radius 1 is 1.32 bits per heavy atom. The van der Waals surface area contributed by atoms with Gasteiger partial charge in [-0.3, -0.25) is 0 Å². The number of hydrogen-bond donors (Lipinski definition) is 1. The van der Waals surface area contributed by atoms with Crippen LogP contribution in [-0.4, -0.2) is 22.8 Å². The Kier molecular flexibility index (Phi) is 5.28. The van der Waals surface area contributed by atoms with Crippen LogP contribution in [0.4, 0.5) is 5.82 Å². The van der Waals surface area contributed by atoms with Crippen LogP contribution in [0.15, 0.2) is 35.4 Å². The maximum absolute atomic E-state index is 10.8. The molecule has 0 atom stereocenters. The molecule has 92 valence electrons. The van der Waals surface area contributed by atoms with E-state index < -0.39 is 10.1 Å². The van der Waals surface area contributed by atoms with Gasteiger partial charge in [0, 0.05) is 0 Å². The standard InChI is InChI=1S/C10H8N4O3S.K/c11-5-7-6-13-14(10(7)12)8-1-3-9(4-2-8)18(15,16)17;/h1-4,6H,12H2,(H,15,16,17);/q;+1/p-1. The number of hydrogen-bond acceptors (Lipinski definition) is 6. The fourth-order valence-corrected chi connectivity index (χ4v) is 1.87. The molecule has 0 amide bonds. The summed E-state index contributed by atoms with van der Waals surface area (Å²) in [5.74, 6) is 0.148. The van der Waals surface area contributed by atoms with E-state index in [1.165, 1.54) is 23.0 Å². The first kappa shape index (κ1) is 16.3. The smallest absolute Gasteiger partial charge is 0.744 e. The number of nitrogen functional groups attached to an aromatic ring is 1. The SMILES string of the molecule is N#Cc1cnn(-c2ccc(S(=O)(=O)[O-])cc2)c1N.[K+]. The van der Waals surface area contributed by atoms with Gasteiger partial charge in [-0.1, -0.05) is 0 Å². The molecule has 2 rings (SSSR count). The molecule has 1 aromatic heterocycles. The Hall–Kier alpha value is -0.734. The van der Waals surface area contributed by atoms with Crippen molar-refractivity contribution >= 4 is 15.9 Å². The van der Waals surface area contributed by atoms with Crippen LogP contribution < -0.4 is 57.1 Å². The van der Waals surface area contributed by atoms with E-state index in [1.54, 1.807) is 0 Å². The van der Waals surface area contributed by atoms with Crippen LogP contribution in [0.2, 0.25) is 0 Å². The second kappa shape index (κ2) is 6.15. The predicted octanol–water partition coefficient (Wildman–Crippen LogP) is -2.77. The minimum Gasteiger partial charge on any atom is -0.744 e. The van der Waals surface area contributed by atoms with Crippen molar-refractivity contribution in [2.24, 2.45) is 0 Å². The molecule has 0 radical (unpaired) electrons. The van der Waals surface area contributed by atoms with Gasteiger partial charge in [0.25, 0.3) is 0 Å². The molecule has 2 aromatic rings. The number of benzene rings is 1. The van der Waals surface area contributed by atoms with E-state index in [0.29, 0.717) is 5.69 Å². The number of rotatable bonds is 2. The molecule has 1 heterocycles. The largest absolute Gasteiger partial charge is 1.00 e. The first-order valence-corrected chi connectivity index (χ1v) is 6.14. The topological polar surface area (TPSA) is 125 Å². The third kappa shape index (κ3) is 3.43. The summed E-state index contributed by atoms with van der Waals surface area (Å²) in [6.07, 6.45) is 1.30. The van der Waals surface area contributed by atoms with Gasteiger partial charge in [0.15, 0.2) is 0 Å². The summed E-state index contributed by atoms with van der Waals surface area (Å²) in [7, 11) is -4.47. The Morgan fingerprint density at radius 2 is 1.89 bits per heavy atom. The van der Waals surface area contributed by atoms with E-state index in [4.69, 9.17) is 11.0 Å². The molecule has 0 aliphatic heterocycles. The summed E-state index contributed by atoms with van der Waals surface area (Å²) in [6.45, 7) is 0. The molecule has 0 fully saturated rings. The van der Waals surface area contributed by atoms with Crippen molar-refractivity contribution in [1.82, 2.24) is 9.78 Å². The van der Waals surface area contributed by atoms with Crippen LogP contribution >= 0.6 is 0 Å². The molecule has 2 N–H and O–H groups in total. The van der Waals surface area contributed by atoms with Gasteiger partial charge in [0.05, 0.1) is 16.8 Å². The maximum atomic E-state index is 10.8. The van der Waals surface area contributed by atoms with Gasteiger partial charge in [-0.15, -0.1) is 0 Å². The van der Waals surface area contributed by atoms with E-state index >= 15 is 0 Å². The Balaban J connectivity index is 0.00000180. The molecule has 0 saturated carbocycles. The number of nitrogens with zero attached hydrogens (tertiary/aromatic N) is 3. The van der Waals surface area contributed by atoms with Crippen molar-refractivity contribution in [3.63, 3.8) is 0 Å². The second-order valence-corrected chi connectivity index (χ2v) is 4.79. The summed E-state index contributed by atoms with van der Waals surface area (Å²) < 4.78 is 33.5. The quantitative estimate of drug-likeness (QED) is 0.473. The van der Waals surface area contributed by atoms with Crippen LogP contribution in [0.1, 0.15) is 5.56 Å². The predicted molar refractivity (Wildman–Crippen MR) is 60.7 cm³/mol. The fraction of sp³-hybridized carbons (Fsp3) is 0. The van der Waals surface area contributed by atoms with E-state index in [2.05, 4.69) is 5.10 Å². The zero-order valence-electron chi connectivity index (χ0n) is 9.94. The summed E-state index contributed by atoms with van der Waals surface area (Å²) in [5, 5.41) is 12.6. The normalized spacial score (nSPS) is 10.5. The number of aromatic nitrogens is 2. The summed E-state index contributed by atoms with van der Waals surface area (Å²) >= 11 is 0. The van der Waals surface area contributed by atoms with Crippen molar-refractivity contribution in [3.05, 3.63) is 36.0 Å². The van der Waals surface area contributed by atoms with Gasteiger partial charge < -0.3 is 10.3 Å². The number of nitrogens with two attached hydrogens (primary N) is 1. The maximum Gasteiger partial charge on any atom is 1.00 e. The average Bonchev–Trinajstić information content (AvgIpc) is 2.69. The van der Waals surface area contributed by atoms with Gasteiger partial charge in [-0.2, -0.15) is 10.4 Å². The molecule has 0 bridgehead atoms. The Bertz CT molecular complexity index is 731. The zero-order chi connectivity index (χ0) is 13.3. The fourth-order valence-electron chi connectivity index (χ4n) is 1.40. The molecule has 9 heteroatoms. The van der Waals surface area contributed by atoms with Gasteiger partial charge in [0.1, 0.15) is 27.6 Å². The molecule has 0 spiro atoms. The van der Waals surface area contributed by atoms with Crippen LogP contribution in [-0.2, 0) is 10.1 Å². The number of nitriles is 1. The summed E-state index contributed by atoms with van der Waals surface area (Å²) in [5.41, 5.74) is 6.35. The molecule has 1 aromatic carbocycles. The van der Waals surface area contributed by atoms with Crippen LogP contribution in [0.3, 0.4) is 0 Å².